The first kappa shape index (κ1) is 16.3. The van der Waals surface area contributed by atoms with Gasteiger partial charge in [0.05, 0.1) is 19.4 Å². The Balaban J connectivity index is 4.28. The van der Waals surface area contributed by atoms with Crippen LogP contribution in [0.3, 0.4) is 0 Å². The summed E-state index contributed by atoms with van der Waals surface area (Å²) >= 11 is 0. The van der Waals surface area contributed by atoms with E-state index in [9.17, 15) is 19.5 Å². The van der Waals surface area contributed by atoms with Gasteiger partial charge in [-0.2, -0.15) is 0 Å². The molecular weight excluding hydrogens is 248 g/mol. The van der Waals surface area contributed by atoms with Crippen molar-refractivity contribution in [2.24, 2.45) is 0 Å². The minimum Gasteiger partial charge on any atom is -0.481 e. The van der Waals surface area contributed by atoms with Crippen LogP contribution in [0.15, 0.2) is 0 Å². The number of aliphatic carboxylic acids is 2. The molecule has 8 nitrogen and oxygen atoms in total. The molecule has 0 rings (SSSR count). The fourth-order valence-corrected chi connectivity index (χ4v) is 1.11. The van der Waals surface area contributed by atoms with Crippen LogP contribution >= 0.6 is 0 Å². The lowest BCUT2D eigenvalue weighted by Gasteiger charge is -2.20. The van der Waals surface area contributed by atoms with Gasteiger partial charge in [0.25, 0.3) is 0 Å². The first-order valence-electron chi connectivity index (χ1n) is 5.22. The van der Waals surface area contributed by atoms with E-state index in [1.165, 1.54) is 0 Å². The number of rotatable bonds is 9. The summed E-state index contributed by atoms with van der Waals surface area (Å²) in [7, 11) is 0. The summed E-state index contributed by atoms with van der Waals surface area (Å²) in [4.78, 5) is 32.3. The minimum absolute atomic E-state index is 0.0879. The monoisotopic (exact) mass is 264 g/mol. The smallest absolute Gasteiger partial charge is 0.336 e. The fourth-order valence-electron chi connectivity index (χ4n) is 1.11. The Labute approximate surface area is 103 Å². The molecule has 0 aromatic rings. The van der Waals surface area contributed by atoms with Crippen LogP contribution in [0.4, 0.5) is 0 Å². The summed E-state index contributed by atoms with van der Waals surface area (Å²) in [5, 5.41) is 26.7. The minimum atomic E-state index is -2.66. The molecule has 0 radical (unpaired) electrons. The number of esters is 1. The Hall–Kier alpha value is -1.67. The van der Waals surface area contributed by atoms with E-state index in [-0.39, 0.29) is 13.2 Å². The summed E-state index contributed by atoms with van der Waals surface area (Å²) in [6.07, 6.45) is -2.01. The highest BCUT2D eigenvalue weighted by Crippen LogP contribution is 2.16. The molecular formula is C10H16O8. The predicted octanol–water partition coefficient (Wildman–Crippen LogP) is -0.753. The van der Waals surface area contributed by atoms with Gasteiger partial charge in [0, 0.05) is 6.61 Å². The van der Waals surface area contributed by atoms with Crippen molar-refractivity contribution in [3.8, 4) is 0 Å². The normalized spacial score (nSPS) is 13.7. The van der Waals surface area contributed by atoms with Crippen LogP contribution in [-0.4, -0.2) is 58.6 Å². The zero-order chi connectivity index (χ0) is 14.2. The Morgan fingerprint density at radius 1 is 1.11 bits per heavy atom. The molecule has 0 fully saturated rings. The maximum atomic E-state index is 11.2. The quantitative estimate of drug-likeness (QED) is 0.366. The number of carbonyl (C=O) groups excluding carboxylic acids is 1. The zero-order valence-electron chi connectivity index (χ0n) is 9.92. The topological polar surface area (TPSA) is 130 Å². The molecule has 0 aliphatic rings. The fraction of sp³-hybridized carbons (Fsp3) is 0.700. The third-order valence-electron chi connectivity index (χ3n) is 1.97. The summed E-state index contributed by atoms with van der Waals surface area (Å²) in [5.74, 6) is -4.31. The van der Waals surface area contributed by atoms with Gasteiger partial charge in [-0.05, 0) is 6.92 Å². The van der Waals surface area contributed by atoms with Gasteiger partial charge in [-0.3, -0.25) is 9.59 Å². The predicted molar refractivity (Wildman–Crippen MR) is 56.9 cm³/mol. The highest BCUT2D eigenvalue weighted by molar-refractivity contribution is 5.88. The molecule has 3 N–H and O–H groups in total. The Morgan fingerprint density at radius 3 is 2.17 bits per heavy atom. The molecule has 0 heterocycles. The molecule has 18 heavy (non-hydrogen) atoms. The second-order valence-corrected chi connectivity index (χ2v) is 3.50. The number of carbonyl (C=O) groups is 3. The van der Waals surface area contributed by atoms with E-state index in [0.717, 1.165) is 0 Å². The highest BCUT2D eigenvalue weighted by atomic mass is 16.6. The van der Waals surface area contributed by atoms with Gasteiger partial charge < -0.3 is 24.8 Å². The molecule has 0 bridgehead atoms. The lowest BCUT2D eigenvalue weighted by molar-refractivity contribution is -0.172. The van der Waals surface area contributed by atoms with E-state index in [0.29, 0.717) is 6.61 Å². The van der Waals surface area contributed by atoms with Crippen molar-refractivity contribution in [2.45, 2.75) is 25.4 Å². The number of carboxylic acids is 2. The van der Waals surface area contributed by atoms with Crippen LogP contribution in [-0.2, 0) is 23.9 Å². The molecule has 0 aromatic heterocycles. The molecule has 0 amide bonds. The van der Waals surface area contributed by atoms with Crippen LogP contribution in [0.25, 0.3) is 0 Å². The molecule has 0 spiro atoms. The van der Waals surface area contributed by atoms with Crippen molar-refractivity contribution in [1.29, 1.82) is 0 Å². The van der Waals surface area contributed by atoms with E-state index >= 15 is 0 Å². The number of hydrogen-bond acceptors (Lipinski definition) is 6. The van der Waals surface area contributed by atoms with Crippen LogP contribution in [0.2, 0.25) is 0 Å². The Kier molecular flexibility index (Phi) is 6.91. The third kappa shape index (κ3) is 6.16. The number of carboxylic acid groups (broad SMARTS) is 2. The van der Waals surface area contributed by atoms with Gasteiger partial charge in [0.1, 0.15) is 6.61 Å². The summed E-state index contributed by atoms with van der Waals surface area (Å²) in [5.41, 5.74) is -2.66. The third-order valence-corrected chi connectivity index (χ3v) is 1.97. The highest BCUT2D eigenvalue weighted by Gasteiger charge is 2.41. The first-order valence-corrected chi connectivity index (χ1v) is 5.22. The average Bonchev–Trinajstić information content (AvgIpc) is 2.23. The molecule has 0 aliphatic heterocycles. The van der Waals surface area contributed by atoms with Crippen molar-refractivity contribution in [2.75, 3.05) is 19.8 Å². The molecule has 0 saturated carbocycles. The van der Waals surface area contributed by atoms with E-state index < -0.39 is 36.4 Å². The molecule has 104 valence electrons. The van der Waals surface area contributed by atoms with Crippen LogP contribution < -0.4 is 0 Å². The van der Waals surface area contributed by atoms with Gasteiger partial charge >= 0.3 is 17.9 Å². The lowest BCUT2D eigenvalue weighted by Crippen LogP contribution is -2.43. The number of ether oxygens (including phenoxy) is 2. The van der Waals surface area contributed by atoms with E-state index in [1.807, 2.05) is 0 Å². The average molecular weight is 264 g/mol. The second-order valence-electron chi connectivity index (χ2n) is 3.50. The second kappa shape index (κ2) is 7.62. The molecule has 0 aliphatic carbocycles. The maximum Gasteiger partial charge on any atom is 0.336 e. The van der Waals surface area contributed by atoms with Gasteiger partial charge in [-0.15, -0.1) is 0 Å². The van der Waals surface area contributed by atoms with Gasteiger partial charge in [-0.25, -0.2) is 4.79 Å². The molecule has 8 heteroatoms. The van der Waals surface area contributed by atoms with Crippen LogP contribution in [0, 0.1) is 0 Å². The molecule has 1 atom stereocenters. The van der Waals surface area contributed by atoms with Gasteiger partial charge in [-0.1, -0.05) is 0 Å². The summed E-state index contributed by atoms with van der Waals surface area (Å²) in [6.45, 7) is 2.25. The first-order chi connectivity index (χ1) is 8.31. The SMILES string of the molecule is CCOCCOC(=O)CC(O)(CC(=O)O)C(=O)O. The van der Waals surface area contributed by atoms with Crippen LogP contribution in [0.5, 0.6) is 0 Å². The van der Waals surface area contributed by atoms with Crippen molar-refractivity contribution in [3.63, 3.8) is 0 Å². The number of hydrogen-bond donors (Lipinski definition) is 3. The Bertz CT molecular complexity index is 313. The standard InChI is InChI=1S/C10H16O8/c1-2-17-3-4-18-8(13)6-10(16,9(14)15)5-7(11)12/h16H,2-6H2,1H3,(H,11,12)(H,14,15). The number of aliphatic hydroxyl groups is 1. The molecule has 1 unspecified atom stereocenters. The van der Waals surface area contributed by atoms with E-state index in [1.54, 1.807) is 6.92 Å². The summed E-state index contributed by atoms with van der Waals surface area (Å²) in [6, 6.07) is 0. The van der Waals surface area contributed by atoms with Crippen LogP contribution in [0.1, 0.15) is 19.8 Å². The van der Waals surface area contributed by atoms with E-state index in [4.69, 9.17) is 14.9 Å². The van der Waals surface area contributed by atoms with Gasteiger partial charge in [0.15, 0.2) is 5.60 Å². The van der Waals surface area contributed by atoms with E-state index in [2.05, 4.69) is 4.74 Å². The Morgan fingerprint density at radius 2 is 1.72 bits per heavy atom. The summed E-state index contributed by atoms with van der Waals surface area (Å²) < 4.78 is 9.47. The molecule has 0 aromatic carbocycles. The maximum absolute atomic E-state index is 11.2. The largest absolute Gasteiger partial charge is 0.481 e. The van der Waals surface area contributed by atoms with Crippen molar-refractivity contribution < 1.29 is 39.2 Å². The van der Waals surface area contributed by atoms with Crippen molar-refractivity contribution >= 4 is 17.9 Å². The van der Waals surface area contributed by atoms with Gasteiger partial charge in [0.2, 0.25) is 0 Å². The lowest BCUT2D eigenvalue weighted by atomic mass is 9.96. The van der Waals surface area contributed by atoms with Crippen molar-refractivity contribution in [1.82, 2.24) is 0 Å². The molecule has 0 saturated heterocycles. The zero-order valence-corrected chi connectivity index (χ0v) is 9.92. The van der Waals surface area contributed by atoms with Crippen molar-refractivity contribution in [3.05, 3.63) is 0 Å².